The van der Waals surface area contributed by atoms with Crippen LogP contribution in [0.2, 0.25) is 5.15 Å². The van der Waals surface area contributed by atoms with Gasteiger partial charge in [0.25, 0.3) is 5.91 Å². The van der Waals surface area contributed by atoms with Crippen LogP contribution in [-0.2, 0) is 9.59 Å². The smallest absolute Gasteiger partial charge is 0.323 e. The number of carboxylic acids is 1. The number of primary amides is 1. The number of carbonyl (C=O) groups excluding carboxylic acids is 2. The summed E-state index contributed by atoms with van der Waals surface area (Å²) in [6.07, 6.45) is 2.22. The summed E-state index contributed by atoms with van der Waals surface area (Å²) in [7, 11) is 0. The van der Waals surface area contributed by atoms with Crippen LogP contribution in [0.4, 0.5) is 0 Å². The summed E-state index contributed by atoms with van der Waals surface area (Å²) in [4.78, 5) is 41.2. The molecule has 0 atom stereocenters. The van der Waals surface area contributed by atoms with E-state index in [4.69, 9.17) is 22.4 Å². The van der Waals surface area contributed by atoms with Gasteiger partial charge in [-0.2, -0.15) is 0 Å². The molecule has 96 valence electrons. The normalized spacial score (nSPS) is 9.83. The van der Waals surface area contributed by atoms with Crippen LogP contribution in [0.1, 0.15) is 10.5 Å². The Kier molecular flexibility index (Phi) is 4.55. The molecule has 0 saturated carbocycles. The molecule has 2 amide bonds. The molecule has 0 radical (unpaired) electrons. The number of hydrogen-bond acceptors (Lipinski definition) is 5. The fraction of sp³-hybridized carbons (Fsp3) is 0.222. The molecule has 0 aliphatic carbocycles. The average Bonchev–Trinajstić information content (AvgIpc) is 2.27. The van der Waals surface area contributed by atoms with Gasteiger partial charge in [0.15, 0.2) is 0 Å². The van der Waals surface area contributed by atoms with Crippen molar-refractivity contribution in [1.82, 2.24) is 14.9 Å². The molecule has 0 unspecified atom stereocenters. The van der Waals surface area contributed by atoms with Gasteiger partial charge in [0, 0.05) is 0 Å². The Hall–Kier alpha value is -2.22. The van der Waals surface area contributed by atoms with Crippen molar-refractivity contribution >= 4 is 29.4 Å². The fourth-order valence-electron chi connectivity index (χ4n) is 1.14. The molecular formula is C9H9ClN4O4. The molecule has 1 rings (SSSR count). The van der Waals surface area contributed by atoms with Crippen LogP contribution in [0.5, 0.6) is 0 Å². The lowest BCUT2D eigenvalue weighted by Gasteiger charge is -2.17. The number of carboxylic acid groups (broad SMARTS) is 1. The third kappa shape index (κ3) is 3.98. The number of hydrogen-bond donors (Lipinski definition) is 2. The third-order valence-electron chi connectivity index (χ3n) is 1.80. The van der Waals surface area contributed by atoms with Crippen LogP contribution in [0, 0.1) is 0 Å². The van der Waals surface area contributed by atoms with Gasteiger partial charge in [0.05, 0.1) is 12.4 Å². The monoisotopic (exact) mass is 272 g/mol. The highest BCUT2D eigenvalue weighted by Crippen LogP contribution is 2.04. The van der Waals surface area contributed by atoms with Gasteiger partial charge in [-0.05, 0) is 0 Å². The highest BCUT2D eigenvalue weighted by Gasteiger charge is 2.21. The molecule has 0 bridgehead atoms. The average molecular weight is 273 g/mol. The van der Waals surface area contributed by atoms with E-state index in [-0.39, 0.29) is 10.8 Å². The number of aliphatic carboxylic acids is 1. The molecule has 18 heavy (non-hydrogen) atoms. The third-order valence-corrected chi connectivity index (χ3v) is 1.99. The lowest BCUT2D eigenvalue weighted by molar-refractivity contribution is -0.138. The van der Waals surface area contributed by atoms with Crippen molar-refractivity contribution in [3.05, 3.63) is 23.2 Å². The van der Waals surface area contributed by atoms with Gasteiger partial charge < -0.3 is 15.7 Å². The van der Waals surface area contributed by atoms with Crippen LogP contribution in [-0.4, -0.2) is 50.8 Å². The number of rotatable bonds is 5. The van der Waals surface area contributed by atoms with E-state index < -0.39 is 30.9 Å². The molecule has 1 aromatic rings. The van der Waals surface area contributed by atoms with Crippen LogP contribution in [0.15, 0.2) is 12.4 Å². The Bertz CT molecular complexity index is 460. The predicted octanol–water partition coefficient (Wildman–Crippen LogP) is -0.858. The van der Waals surface area contributed by atoms with E-state index >= 15 is 0 Å². The van der Waals surface area contributed by atoms with Crippen molar-refractivity contribution < 1.29 is 19.5 Å². The summed E-state index contributed by atoms with van der Waals surface area (Å²) in [5, 5.41) is 8.72. The Balaban J connectivity index is 2.90. The van der Waals surface area contributed by atoms with Crippen LogP contribution >= 0.6 is 11.6 Å². The maximum absolute atomic E-state index is 11.8. The molecule has 0 aliphatic heterocycles. The minimum absolute atomic E-state index is 0.0891. The van der Waals surface area contributed by atoms with Crippen molar-refractivity contribution in [2.75, 3.05) is 13.1 Å². The van der Waals surface area contributed by atoms with E-state index in [1.165, 1.54) is 0 Å². The number of carbonyl (C=O) groups is 3. The highest BCUT2D eigenvalue weighted by molar-refractivity contribution is 6.29. The van der Waals surface area contributed by atoms with Gasteiger partial charge in [-0.3, -0.25) is 14.4 Å². The summed E-state index contributed by atoms with van der Waals surface area (Å²) in [5.74, 6) is -2.86. The van der Waals surface area contributed by atoms with E-state index in [1.54, 1.807) is 0 Å². The van der Waals surface area contributed by atoms with Gasteiger partial charge in [0.1, 0.15) is 23.9 Å². The number of nitrogens with zero attached hydrogens (tertiary/aromatic N) is 3. The summed E-state index contributed by atoms with van der Waals surface area (Å²) in [6.45, 7) is -1.18. The second-order valence-electron chi connectivity index (χ2n) is 3.25. The highest BCUT2D eigenvalue weighted by atomic mass is 35.5. The van der Waals surface area contributed by atoms with Crippen molar-refractivity contribution in [3.63, 3.8) is 0 Å². The van der Waals surface area contributed by atoms with E-state index in [9.17, 15) is 14.4 Å². The van der Waals surface area contributed by atoms with Crippen LogP contribution in [0.25, 0.3) is 0 Å². The molecule has 8 nitrogen and oxygen atoms in total. The topological polar surface area (TPSA) is 126 Å². The zero-order valence-corrected chi connectivity index (χ0v) is 9.79. The van der Waals surface area contributed by atoms with Crippen LogP contribution < -0.4 is 5.73 Å². The SMILES string of the molecule is NC(=O)CN(CC(=O)O)C(=O)c1cnc(Cl)cn1. The van der Waals surface area contributed by atoms with Crippen molar-refractivity contribution in [3.8, 4) is 0 Å². The summed E-state index contributed by atoms with van der Waals surface area (Å²) in [6, 6.07) is 0. The molecular weight excluding hydrogens is 264 g/mol. The van der Waals surface area contributed by atoms with Crippen molar-refractivity contribution in [1.29, 1.82) is 0 Å². The Labute approximate surface area is 106 Å². The lowest BCUT2D eigenvalue weighted by Crippen LogP contribution is -2.41. The van der Waals surface area contributed by atoms with E-state index in [2.05, 4.69) is 9.97 Å². The number of nitrogens with two attached hydrogens (primary N) is 1. The van der Waals surface area contributed by atoms with Gasteiger partial charge >= 0.3 is 5.97 Å². The van der Waals surface area contributed by atoms with E-state index in [0.29, 0.717) is 0 Å². The molecule has 3 N–H and O–H groups in total. The lowest BCUT2D eigenvalue weighted by atomic mass is 10.3. The first kappa shape index (κ1) is 13.8. The van der Waals surface area contributed by atoms with E-state index in [0.717, 1.165) is 17.3 Å². The fourth-order valence-corrected chi connectivity index (χ4v) is 1.23. The molecule has 0 fully saturated rings. The van der Waals surface area contributed by atoms with Crippen LogP contribution in [0.3, 0.4) is 0 Å². The predicted molar refractivity (Wildman–Crippen MR) is 59.8 cm³/mol. The Morgan fingerprint density at radius 3 is 2.39 bits per heavy atom. The molecule has 0 spiro atoms. The molecule has 1 heterocycles. The molecule has 0 aromatic carbocycles. The first-order chi connectivity index (χ1) is 8.40. The van der Waals surface area contributed by atoms with Gasteiger partial charge in [-0.25, -0.2) is 9.97 Å². The van der Waals surface area contributed by atoms with Crippen molar-refractivity contribution in [2.45, 2.75) is 0 Å². The maximum atomic E-state index is 11.8. The first-order valence-electron chi connectivity index (χ1n) is 4.67. The second kappa shape index (κ2) is 5.92. The molecule has 1 aromatic heterocycles. The van der Waals surface area contributed by atoms with Gasteiger partial charge in [0.2, 0.25) is 5.91 Å². The number of aromatic nitrogens is 2. The Morgan fingerprint density at radius 1 is 1.28 bits per heavy atom. The largest absolute Gasteiger partial charge is 0.480 e. The minimum Gasteiger partial charge on any atom is -0.480 e. The molecule has 9 heteroatoms. The van der Waals surface area contributed by atoms with E-state index in [1.807, 2.05) is 0 Å². The summed E-state index contributed by atoms with van der Waals surface area (Å²) < 4.78 is 0. The maximum Gasteiger partial charge on any atom is 0.323 e. The minimum atomic E-state index is -1.27. The zero-order chi connectivity index (χ0) is 13.7. The second-order valence-corrected chi connectivity index (χ2v) is 3.63. The van der Waals surface area contributed by atoms with Gasteiger partial charge in [-0.15, -0.1) is 0 Å². The number of amides is 2. The Morgan fingerprint density at radius 2 is 1.94 bits per heavy atom. The number of halogens is 1. The quantitative estimate of drug-likeness (QED) is 0.718. The van der Waals surface area contributed by atoms with Crippen molar-refractivity contribution in [2.24, 2.45) is 5.73 Å². The summed E-state index contributed by atoms with van der Waals surface area (Å²) >= 11 is 5.50. The first-order valence-corrected chi connectivity index (χ1v) is 5.05. The zero-order valence-electron chi connectivity index (χ0n) is 9.04. The standard InChI is InChI=1S/C9H9ClN4O4/c10-6-2-12-5(1-13-6)9(18)14(3-7(11)15)4-8(16)17/h1-2H,3-4H2,(H2,11,15)(H,16,17). The summed E-state index contributed by atoms with van der Waals surface area (Å²) in [5.41, 5.74) is 4.80. The molecule has 0 saturated heterocycles. The van der Waals surface area contributed by atoms with Gasteiger partial charge in [-0.1, -0.05) is 11.6 Å². The molecule has 0 aliphatic rings.